The van der Waals surface area contributed by atoms with Crippen LogP contribution in [0, 0.1) is 12.8 Å². The van der Waals surface area contributed by atoms with Gasteiger partial charge in [0.15, 0.2) is 5.65 Å². The average molecular weight is 462 g/mol. The Hall–Kier alpha value is -3.79. The second-order valence-electron chi connectivity index (χ2n) is 8.56. The third kappa shape index (κ3) is 4.62. The lowest BCUT2D eigenvalue weighted by Gasteiger charge is -2.22. The zero-order valence-corrected chi connectivity index (χ0v) is 19.0. The van der Waals surface area contributed by atoms with E-state index in [2.05, 4.69) is 30.8 Å². The molecule has 4 heterocycles. The zero-order chi connectivity index (χ0) is 23.5. The van der Waals surface area contributed by atoms with E-state index in [-0.39, 0.29) is 11.8 Å². The van der Waals surface area contributed by atoms with Gasteiger partial charge in [-0.1, -0.05) is 12.1 Å². The normalized spacial score (nSPS) is 14.5. The molecule has 2 amide bonds. The fourth-order valence-corrected chi connectivity index (χ4v) is 4.20. The van der Waals surface area contributed by atoms with E-state index in [0.717, 1.165) is 42.9 Å². The van der Waals surface area contributed by atoms with Crippen LogP contribution in [0.3, 0.4) is 0 Å². The van der Waals surface area contributed by atoms with Crippen LogP contribution in [0.4, 0.5) is 0 Å². The topological polar surface area (TPSA) is 126 Å². The van der Waals surface area contributed by atoms with Crippen LogP contribution >= 0.6 is 0 Å². The van der Waals surface area contributed by atoms with E-state index < -0.39 is 0 Å². The summed E-state index contributed by atoms with van der Waals surface area (Å²) in [5, 5.41) is 14.1. The number of aromatic nitrogens is 5. The van der Waals surface area contributed by atoms with Crippen LogP contribution in [-0.4, -0.2) is 62.7 Å². The molecular formula is C24H27N7O3. The predicted octanol–water partition coefficient (Wildman–Crippen LogP) is 2.04. The Labute approximate surface area is 196 Å². The number of aromatic amines is 1. The molecule has 10 heteroatoms. The quantitative estimate of drug-likeness (QED) is 0.387. The van der Waals surface area contributed by atoms with E-state index in [1.807, 2.05) is 24.3 Å². The first-order valence-electron chi connectivity index (χ1n) is 11.5. The first-order valence-corrected chi connectivity index (χ1v) is 11.5. The second kappa shape index (κ2) is 9.60. The number of para-hydroxylation sites is 2. The van der Waals surface area contributed by atoms with Gasteiger partial charge in [-0.15, -0.1) is 10.2 Å². The predicted molar refractivity (Wildman–Crippen MR) is 126 cm³/mol. The number of carbonyl (C=O) groups excluding carboxylic acids is 2. The molecule has 0 aliphatic carbocycles. The fourth-order valence-electron chi connectivity index (χ4n) is 4.20. The summed E-state index contributed by atoms with van der Waals surface area (Å²) in [5.41, 5.74) is 2.97. The number of nitrogens with zero attached hydrogens (tertiary/aromatic N) is 4. The number of benzene rings is 1. The number of hydrogen-bond acceptors (Lipinski definition) is 6. The summed E-state index contributed by atoms with van der Waals surface area (Å²) in [6.45, 7) is 4.21. The van der Waals surface area contributed by atoms with Crippen molar-refractivity contribution < 1.29 is 14.3 Å². The Balaban J connectivity index is 1.29. The number of hydrogen-bond donors (Lipinski definition) is 3. The van der Waals surface area contributed by atoms with Gasteiger partial charge in [0.1, 0.15) is 11.6 Å². The van der Waals surface area contributed by atoms with Crippen molar-refractivity contribution in [3.05, 3.63) is 59.3 Å². The Morgan fingerprint density at radius 1 is 1.15 bits per heavy atom. The number of imidazole rings is 1. The van der Waals surface area contributed by atoms with Gasteiger partial charge in [-0.25, -0.2) is 4.98 Å². The highest BCUT2D eigenvalue weighted by Crippen LogP contribution is 2.16. The molecule has 0 unspecified atom stereocenters. The molecule has 0 atom stereocenters. The molecule has 1 aromatic carbocycles. The number of ether oxygens (including phenoxy) is 1. The van der Waals surface area contributed by atoms with Crippen LogP contribution in [0.5, 0.6) is 0 Å². The van der Waals surface area contributed by atoms with Crippen LogP contribution in [0.25, 0.3) is 16.7 Å². The van der Waals surface area contributed by atoms with Crippen LogP contribution < -0.4 is 10.6 Å². The maximum atomic E-state index is 13.0. The molecule has 1 saturated heterocycles. The standard InChI is InChI=1S/C24H27N7O3/c1-15-29-30-22-18(24(33)25-9-6-21-27-19-4-2-3-5-20(19)28-21)12-17(14-31(15)22)23(32)26-13-16-7-10-34-11-8-16/h2-5,12,14,16H,6-11,13H2,1H3,(H,25,33)(H,26,32)(H,27,28). The molecule has 4 aromatic rings. The maximum absolute atomic E-state index is 13.0. The van der Waals surface area contributed by atoms with Crippen molar-refractivity contribution in [2.24, 2.45) is 5.92 Å². The van der Waals surface area contributed by atoms with Crippen molar-refractivity contribution in [3.8, 4) is 0 Å². The van der Waals surface area contributed by atoms with Gasteiger partial charge in [0, 0.05) is 38.9 Å². The third-order valence-electron chi connectivity index (χ3n) is 6.16. The summed E-state index contributed by atoms with van der Waals surface area (Å²) >= 11 is 0. The lowest BCUT2D eigenvalue weighted by Crippen LogP contribution is -2.33. The number of H-pyrrole nitrogens is 1. The molecule has 176 valence electrons. The van der Waals surface area contributed by atoms with Gasteiger partial charge in [0.25, 0.3) is 11.8 Å². The van der Waals surface area contributed by atoms with E-state index in [0.29, 0.717) is 48.0 Å². The average Bonchev–Trinajstić information content (AvgIpc) is 3.45. The van der Waals surface area contributed by atoms with Crippen molar-refractivity contribution in [3.63, 3.8) is 0 Å². The Bertz CT molecular complexity index is 1300. The molecule has 10 nitrogen and oxygen atoms in total. The minimum atomic E-state index is -0.312. The van der Waals surface area contributed by atoms with E-state index in [4.69, 9.17) is 4.74 Å². The van der Waals surface area contributed by atoms with Gasteiger partial charge in [-0.05, 0) is 43.9 Å². The molecule has 1 aliphatic rings. The summed E-state index contributed by atoms with van der Waals surface area (Å²) in [7, 11) is 0. The number of carbonyl (C=O) groups is 2. The van der Waals surface area contributed by atoms with Crippen LogP contribution in [0.2, 0.25) is 0 Å². The molecule has 1 fully saturated rings. The maximum Gasteiger partial charge on any atom is 0.255 e. The van der Waals surface area contributed by atoms with E-state index in [9.17, 15) is 9.59 Å². The van der Waals surface area contributed by atoms with Gasteiger partial charge in [0.2, 0.25) is 0 Å². The van der Waals surface area contributed by atoms with Gasteiger partial charge in [-0.2, -0.15) is 0 Å². The molecule has 0 spiro atoms. The number of nitrogens with one attached hydrogen (secondary N) is 3. The van der Waals surface area contributed by atoms with Crippen molar-refractivity contribution in [1.29, 1.82) is 0 Å². The number of rotatable bonds is 7. The number of aryl methyl sites for hydroxylation is 1. The number of fused-ring (bicyclic) bond motifs is 2. The van der Waals surface area contributed by atoms with Gasteiger partial charge >= 0.3 is 0 Å². The molecule has 0 radical (unpaired) electrons. The number of amides is 2. The smallest absolute Gasteiger partial charge is 0.255 e. The molecule has 0 bridgehead atoms. The Morgan fingerprint density at radius 2 is 1.97 bits per heavy atom. The molecule has 5 rings (SSSR count). The summed E-state index contributed by atoms with van der Waals surface area (Å²) in [5.74, 6) is 1.26. The summed E-state index contributed by atoms with van der Waals surface area (Å²) in [4.78, 5) is 33.7. The first-order chi connectivity index (χ1) is 16.6. The molecule has 34 heavy (non-hydrogen) atoms. The monoisotopic (exact) mass is 461 g/mol. The summed E-state index contributed by atoms with van der Waals surface area (Å²) in [6, 6.07) is 9.38. The Morgan fingerprint density at radius 3 is 2.79 bits per heavy atom. The highest BCUT2D eigenvalue weighted by Gasteiger charge is 2.20. The zero-order valence-electron chi connectivity index (χ0n) is 19.0. The van der Waals surface area contributed by atoms with Crippen LogP contribution in [0.15, 0.2) is 36.5 Å². The minimum Gasteiger partial charge on any atom is -0.381 e. The van der Waals surface area contributed by atoms with Crippen molar-refractivity contribution in [2.45, 2.75) is 26.2 Å². The third-order valence-corrected chi connectivity index (χ3v) is 6.16. The molecule has 0 saturated carbocycles. The summed E-state index contributed by atoms with van der Waals surface area (Å²) < 4.78 is 7.06. The van der Waals surface area contributed by atoms with Crippen molar-refractivity contribution in [2.75, 3.05) is 26.3 Å². The van der Waals surface area contributed by atoms with E-state index >= 15 is 0 Å². The highest BCUT2D eigenvalue weighted by molar-refractivity contribution is 6.03. The van der Waals surface area contributed by atoms with Crippen LogP contribution in [0.1, 0.15) is 45.2 Å². The molecule has 1 aliphatic heterocycles. The molecular weight excluding hydrogens is 434 g/mol. The van der Waals surface area contributed by atoms with Crippen molar-refractivity contribution >= 4 is 28.5 Å². The highest BCUT2D eigenvalue weighted by atomic mass is 16.5. The first kappa shape index (κ1) is 22.0. The van der Waals surface area contributed by atoms with Gasteiger partial charge in [-0.3, -0.25) is 14.0 Å². The second-order valence-corrected chi connectivity index (χ2v) is 8.56. The van der Waals surface area contributed by atoms with E-state index in [1.165, 1.54) is 0 Å². The molecule has 3 aromatic heterocycles. The van der Waals surface area contributed by atoms with Crippen molar-refractivity contribution in [1.82, 2.24) is 35.2 Å². The minimum absolute atomic E-state index is 0.224. The lowest BCUT2D eigenvalue weighted by atomic mass is 10.0. The van der Waals surface area contributed by atoms with Gasteiger partial charge in [0.05, 0.1) is 22.2 Å². The summed E-state index contributed by atoms with van der Waals surface area (Å²) in [6.07, 6.45) is 4.09. The number of pyridine rings is 1. The Kier molecular flexibility index (Phi) is 6.22. The molecule has 3 N–H and O–H groups in total. The van der Waals surface area contributed by atoms with E-state index in [1.54, 1.807) is 23.6 Å². The largest absolute Gasteiger partial charge is 0.381 e. The van der Waals surface area contributed by atoms with Gasteiger partial charge < -0.3 is 20.4 Å². The van der Waals surface area contributed by atoms with Crippen LogP contribution in [-0.2, 0) is 11.2 Å². The lowest BCUT2D eigenvalue weighted by molar-refractivity contribution is 0.0642. The fraction of sp³-hybridized carbons (Fsp3) is 0.375. The SMILES string of the molecule is Cc1nnc2c(C(=O)NCCc3nc4ccccc4[nH]3)cc(C(=O)NCC3CCOCC3)cn12.